The Balaban J connectivity index is 1.57. The summed E-state index contributed by atoms with van der Waals surface area (Å²) >= 11 is 0. The molecule has 1 aromatic carbocycles. The Morgan fingerprint density at radius 3 is 2.44 bits per heavy atom. The molecule has 146 valence electrons. The number of imide groups is 1. The molecular weight excluding hydrogens is 368 g/mol. The van der Waals surface area contributed by atoms with Crippen LogP contribution in [0.5, 0.6) is 0 Å². The smallest absolute Gasteiger partial charge is 0.324 e. The summed E-state index contributed by atoms with van der Waals surface area (Å²) in [7, 11) is -3.50. The van der Waals surface area contributed by atoms with Crippen molar-refractivity contribution >= 4 is 28.0 Å². The predicted molar refractivity (Wildman–Crippen MR) is 101 cm³/mol. The van der Waals surface area contributed by atoms with Gasteiger partial charge in [0.25, 0.3) is 5.91 Å². The molecule has 0 aliphatic carbocycles. The first-order chi connectivity index (χ1) is 12.9. The molecule has 1 atom stereocenters. The van der Waals surface area contributed by atoms with E-state index >= 15 is 0 Å². The van der Waals surface area contributed by atoms with Crippen LogP contribution in [0.25, 0.3) is 6.08 Å². The summed E-state index contributed by atoms with van der Waals surface area (Å²) in [5.74, 6) is -0.208. The average molecular weight is 393 g/mol. The fourth-order valence-corrected chi connectivity index (χ4v) is 4.56. The molecule has 0 saturated carbocycles. The highest BCUT2D eigenvalue weighted by molar-refractivity contribution is 7.92. The number of sulfonamides is 1. The van der Waals surface area contributed by atoms with Crippen LogP contribution in [0.2, 0.25) is 0 Å². The number of carbonyl (C=O) groups excluding carboxylic acids is 2. The summed E-state index contributed by atoms with van der Waals surface area (Å²) in [5, 5.41) is 3.86. The summed E-state index contributed by atoms with van der Waals surface area (Å²) in [5.41, 5.74) is 0.827. The van der Waals surface area contributed by atoms with E-state index in [1.807, 2.05) is 30.3 Å². The van der Waals surface area contributed by atoms with Gasteiger partial charge in [-0.1, -0.05) is 30.3 Å². The van der Waals surface area contributed by atoms with E-state index < -0.39 is 10.0 Å². The van der Waals surface area contributed by atoms with Gasteiger partial charge in [0, 0.05) is 18.5 Å². The molecule has 2 aliphatic heterocycles. The van der Waals surface area contributed by atoms with Gasteiger partial charge < -0.3 is 10.2 Å². The van der Waals surface area contributed by atoms with Gasteiger partial charge in [-0.2, -0.15) is 4.31 Å². The largest absolute Gasteiger partial charge is 0.336 e. The Labute approximate surface area is 159 Å². The van der Waals surface area contributed by atoms with Crippen molar-refractivity contribution in [1.29, 1.82) is 0 Å². The SMILES string of the molecule is C[C@@H](C(=O)N1CCNC1=O)[NH+]1CCN(S(=O)(=O)/C=C/c2ccccc2)CC1. The van der Waals surface area contributed by atoms with Gasteiger partial charge in [0.15, 0.2) is 6.04 Å². The molecule has 3 rings (SSSR count). The van der Waals surface area contributed by atoms with Crippen molar-refractivity contribution in [3.8, 4) is 0 Å². The maximum atomic E-state index is 12.5. The van der Waals surface area contributed by atoms with Crippen molar-refractivity contribution < 1.29 is 22.9 Å². The number of carbonyl (C=O) groups is 2. The van der Waals surface area contributed by atoms with Crippen LogP contribution in [0.3, 0.4) is 0 Å². The van der Waals surface area contributed by atoms with Crippen LogP contribution < -0.4 is 10.2 Å². The Hall–Kier alpha value is -2.23. The molecule has 3 amide bonds. The van der Waals surface area contributed by atoms with Crippen molar-refractivity contribution in [3.63, 3.8) is 0 Å². The number of amides is 3. The van der Waals surface area contributed by atoms with Crippen molar-refractivity contribution in [2.75, 3.05) is 39.3 Å². The number of hydrogen-bond acceptors (Lipinski definition) is 4. The van der Waals surface area contributed by atoms with Crippen LogP contribution in [-0.2, 0) is 14.8 Å². The molecule has 2 fully saturated rings. The van der Waals surface area contributed by atoms with E-state index in [1.54, 1.807) is 13.0 Å². The lowest BCUT2D eigenvalue weighted by atomic mass is 10.2. The zero-order valence-electron chi connectivity index (χ0n) is 15.3. The van der Waals surface area contributed by atoms with Crippen molar-refractivity contribution in [1.82, 2.24) is 14.5 Å². The summed E-state index contributed by atoms with van der Waals surface area (Å²) < 4.78 is 26.5. The molecule has 2 saturated heterocycles. The third kappa shape index (κ3) is 4.55. The number of nitrogens with one attached hydrogen (secondary N) is 2. The standard InChI is InChI=1S/C18H24N4O4S/c1-15(17(23)22-9-8-19-18(22)24)20-10-12-21(13-11-20)27(25,26)14-7-16-5-3-2-4-6-16/h2-7,14-15H,8-13H2,1H3,(H,19,24)/p+1/b14-7+/t15-/m0/s1. The fraction of sp³-hybridized carbons (Fsp3) is 0.444. The zero-order valence-corrected chi connectivity index (χ0v) is 16.1. The Morgan fingerprint density at radius 2 is 1.85 bits per heavy atom. The van der Waals surface area contributed by atoms with E-state index in [-0.39, 0.29) is 18.0 Å². The second-order valence-electron chi connectivity index (χ2n) is 6.76. The summed E-state index contributed by atoms with van der Waals surface area (Å²) in [4.78, 5) is 26.4. The maximum Gasteiger partial charge on any atom is 0.324 e. The summed E-state index contributed by atoms with van der Waals surface area (Å²) in [6.45, 7) is 4.41. The highest BCUT2D eigenvalue weighted by atomic mass is 32.2. The molecule has 0 bridgehead atoms. The Morgan fingerprint density at radius 1 is 1.19 bits per heavy atom. The lowest BCUT2D eigenvalue weighted by molar-refractivity contribution is -0.917. The highest BCUT2D eigenvalue weighted by Crippen LogP contribution is 2.08. The van der Waals surface area contributed by atoms with Crippen LogP contribution in [0.1, 0.15) is 12.5 Å². The molecule has 2 heterocycles. The van der Waals surface area contributed by atoms with E-state index in [0.717, 1.165) is 10.5 Å². The number of hydrogen-bond donors (Lipinski definition) is 2. The number of quaternary nitrogens is 1. The van der Waals surface area contributed by atoms with E-state index in [2.05, 4.69) is 5.32 Å². The van der Waals surface area contributed by atoms with Gasteiger partial charge in [0.05, 0.1) is 26.2 Å². The summed E-state index contributed by atoms with van der Waals surface area (Å²) in [6.07, 6.45) is 1.59. The van der Waals surface area contributed by atoms with Gasteiger partial charge in [-0.15, -0.1) is 0 Å². The Kier molecular flexibility index (Phi) is 5.93. The molecule has 8 nitrogen and oxygen atoms in total. The van der Waals surface area contributed by atoms with Gasteiger partial charge in [-0.05, 0) is 18.6 Å². The minimum atomic E-state index is -3.50. The molecule has 0 spiro atoms. The average Bonchev–Trinajstić information content (AvgIpc) is 3.12. The third-order valence-electron chi connectivity index (χ3n) is 5.06. The van der Waals surface area contributed by atoms with Gasteiger partial charge in [0.1, 0.15) is 0 Å². The third-order valence-corrected chi connectivity index (χ3v) is 6.63. The fourth-order valence-electron chi connectivity index (χ4n) is 3.37. The number of rotatable bonds is 5. The minimum Gasteiger partial charge on any atom is -0.336 e. The quantitative estimate of drug-likeness (QED) is 0.680. The van der Waals surface area contributed by atoms with Crippen molar-refractivity contribution in [2.24, 2.45) is 0 Å². The molecule has 0 radical (unpaired) electrons. The van der Waals surface area contributed by atoms with Crippen LogP contribution >= 0.6 is 0 Å². The zero-order chi connectivity index (χ0) is 19.4. The monoisotopic (exact) mass is 393 g/mol. The van der Waals surface area contributed by atoms with Gasteiger partial charge in [0.2, 0.25) is 10.0 Å². The topological polar surface area (TPSA) is 91.2 Å². The first-order valence-corrected chi connectivity index (χ1v) is 10.6. The predicted octanol–water partition coefficient (Wildman–Crippen LogP) is -0.872. The first-order valence-electron chi connectivity index (χ1n) is 9.05. The second kappa shape index (κ2) is 8.20. The lowest BCUT2D eigenvalue weighted by Crippen LogP contribution is -3.19. The van der Waals surface area contributed by atoms with Crippen molar-refractivity contribution in [2.45, 2.75) is 13.0 Å². The summed E-state index contributed by atoms with van der Waals surface area (Å²) in [6, 6.07) is 8.55. The first kappa shape index (κ1) is 19.5. The molecule has 0 unspecified atom stereocenters. The van der Waals surface area contributed by atoms with Gasteiger partial charge in [-0.3, -0.25) is 9.69 Å². The molecule has 0 aromatic heterocycles. The van der Waals surface area contributed by atoms with Crippen LogP contribution in [0.4, 0.5) is 4.79 Å². The van der Waals surface area contributed by atoms with Crippen LogP contribution in [0.15, 0.2) is 35.7 Å². The van der Waals surface area contributed by atoms with Gasteiger partial charge in [-0.25, -0.2) is 13.2 Å². The number of piperazine rings is 1. The van der Waals surface area contributed by atoms with E-state index in [4.69, 9.17) is 0 Å². The molecule has 2 aliphatic rings. The van der Waals surface area contributed by atoms with Crippen LogP contribution in [-0.4, -0.2) is 74.9 Å². The van der Waals surface area contributed by atoms with E-state index in [1.165, 1.54) is 14.6 Å². The number of urea groups is 1. The molecule has 27 heavy (non-hydrogen) atoms. The van der Waals surface area contributed by atoms with Gasteiger partial charge >= 0.3 is 6.03 Å². The number of benzene rings is 1. The second-order valence-corrected chi connectivity index (χ2v) is 8.58. The van der Waals surface area contributed by atoms with E-state index in [9.17, 15) is 18.0 Å². The maximum absolute atomic E-state index is 12.5. The molecule has 2 N–H and O–H groups in total. The van der Waals surface area contributed by atoms with Crippen molar-refractivity contribution in [3.05, 3.63) is 41.3 Å². The molecular formula is C18H25N4O4S+. The molecule has 1 aromatic rings. The van der Waals surface area contributed by atoms with Crippen LogP contribution in [0, 0.1) is 0 Å². The Bertz CT molecular complexity index is 817. The lowest BCUT2D eigenvalue weighted by Gasteiger charge is -2.34. The number of nitrogens with zero attached hydrogens (tertiary/aromatic N) is 2. The minimum absolute atomic E-state index is 0.208. The molecule has 9 heteroatoms. The van der Waals surface area contributed by atoms with E-state index in [0.29, 0.717) is 39.3 Å². The highest BCUT2D eigenvalue weighted by Gasteiger charge is 2.37. The normalized spacial score (nSPS) is 20.8.